The zero-order valence-electron chi connectivity index (χ0n) is 11.3. The molecular formula is C14H19N3O. The molecule has 2 N–H and O–H groups in total. The van der Waals surface area contributed by atoms with Crippen LogP contribution in [0.1, 0.15) is 16.8 Å². The average Bonchev–Trinajstić information content (AvgIpc) is 2.70. The van der Waals surface area contributed by atoms with Crippen LogP contribution >= 0.6 is 0 Å². The van der Waals surface area contributed by atoms with Crippen molar-refractivity contribution in [2.75, 3.05) is 7.11 Å². The minimum atomic E-state index is 0.445. The molecule has 18 heavy (non-hydrogen) atoms. The van der Waals surface area contributed by atoms with E-state index in [1.165, 1.54) is 0 Å². The molecule has 0 bridgehead atoms. The van der Waals surface area contributed by atoms with Crippen LogP contribution in [-0.2, 0) is 13.6 Å². The van der Waals surface area contributed by atoms with E-state index in [9.17, 15) is 0 Å². The van der Waals surface area contributed by atoms with Crippen molar-refractivity contribution < 1.29 is 4.74 Å². The monoisotopic (exact) mass is 245 g/mol. The van der Waals surface area contributed by atoms with Gasteiger partial charge in [-0.2, -0.15) is 5.10 Å². The third-order valence-corrected chi connectivity index (χ3v) is 3.07. The zero-order valence-corrected chi connectivity index (χ0v) is 11.3. The van der Waals surface area contributed by atoms with Crippen molar-refractivity contribution in [3.63, 3.8) is 0 Å². The van der Waals surface area contributed by atoms with Gasteiger partial charge in [0.15, 0.2) is 0 Å². The predicted molar refractivity (Wildman–Crippen MR) is 72.6 cm³/mol. The van der Waals surface area contributed by atoms with Crippen LogP contribution in [0.2, 0.25) is 0 Å². The molecule has 0 aliphatic heterocycles. The van der Waals surface area contributed by atoms with Crippen molar-refractivity contribution in [2.45, 2.75) is 20.4 Å². The lowest BCUT2D eigenvalue weighted by Gasteiger charge is -2.11. The van der Waals surface area contributed by atoms with Gasteiger partial charge in [0.2, 0.25) is 0 Å². The highest BCUT2D eigenvalue weighted by atomic mass is 16.5. The molecule has 0 saturated heterocycles. The summed E-state index contributed by atoms with van der Waals surface area (Å²) in [6, 6.07) is 4.23. The van der Waals surface area contributed by atoms with Crippen molar-refractivity contribution in [2.24, 2.45) is 12.8 Å². The van der Waals surface area contributed by atoms with Gasteiger partial charge >= 0.3 is 0 Å². The molecule has 2 aromatic rings. The maximum atomic E-state index is 5.73. The topological polar surface area (TPSA) is 53.1 Å². The molecule has 96 valence electrons. The molecule has 4 heteroatoms. The van der Waals surface area contributed by atoms with E-state index in [4.69, 9.17) is 10.5 Å². The van der Waals surface area contributed by atoms with E-state index in [-0.39, 0.29) is 0 Å². The van der Waals surface area contributed by atoms with Crippen LogP contribution in [0.5, 0.6) is 5.75 Å². The molecule has 0 fully saturated rings. The second kappa shape index (κ2) is 4.82. The summed E-state index contributed by atoms with van der Waals surface area (Å²) in [5.41, 5.74) is 11.1. The summed E-state index contributed by atoms with van der Waals surface area (Å²) in [6.45, 7) is 4.54. The molecule has 0 spiro atoms. The van der Waals surface area contributed by atoms with Gasteiger partial charge in [0.25, 0.3) is 0 Å². The summed E-state index contributed by atoms with van der Waals surface area (Å²) in [5, 5.41) is 4.37. The molecule has 0 saturated carbocycles. The Labute approximate surface area is 107 Å². The summed E-state index contributed by atoms with van der Waals surface area (Å²) >= 11 is 0. The fraction of sp³-hybridized carbons (Fsp3) is 0.357. The third-order valence-electron chi connectivity index (χ3n) is 3.07. The highest BCUT2D eigenvalue weighted by molar-refractivity contribution is 5.69. The van der Waals surface area contributed by atoms with E-state index in [1.807, 2.05) is 27.1 Å². The molecule has 2 rings (SSSR count). The molecule has 0 aliphatic carbocycles. The minimum absolute atomic E-state index is 0.445. The average molecular weight is 245 g/mol. The summed E-state index contributed by atoms with van der Waals surface area (Å²) in [7, 11) is 3.61. The van der Waals surface area contributed by atoms with E-state index in [0.717, 1.165) is 33.7 Å². The largest absolute Gasteiger partial charge is 0.496 e. The van der Waals surface area contributed by atoms with Crippen LogP contribution in [0.15, 0.2) is 18.3 Å². The van der Waals surface area contributed by atoms with Gasteiger partial charge in [0, 0.05) is 25.4 Å². The van der Waals surface area contributed by atoms with Gasteiger partial charge in [-0.1, -0.05) is 0 Å². The first-order valence-electron chi connectivity index (χ1n) is 5.95. The molecule has 0 aliphatic rings. The summed E-state index contributed by atoms with van der Waals surface area (Å²) in [5.74, 6) is 0.942. The second-order valence-electron chi connectivity index (χ2n) is 4.51. The number of aromatic nitrogens is 2. The Kier molecular flexibility index (Phi) is 3.39. The highest BCUT2D eigenvalue weighted by Crippen LogP contribution is 2.31. The van der Waals surface area contributed by atoms with Crippen LogP contribution < -0.4 is 10.5 Å². The Morgan fingerprint density at radius 2 is 1.89 bits per heavy atom. The van der Waals surface area contributed by atoms with E-state index in [1.54, 1.807) is 11.8 Å². The Balaban J connectivity index is 2.57. The first kappa shape index (κ1) is 12.6. The summed E-state index contributed by atoms with van der Waals surface area (Å²) in [6.07, 6.45) is 2.00. The molecule has 0 unspecified atom stereocenters. The molecule has 0 atom stereocenters. The number of hydrogen-bond acceptors (Lipinski definition) is 3. The van der Waals surface area contributed by atoms with Gasteiger partial charge < -0.3 is 10.5 Å². The Morgan fingerprint density at radius 1 is 1.28 bits per heavy atom. The van der Waals surface area contributed by atoms with Crippen molar-refractivity contribution >= 4 is 0 Å². The van der Waals surface area contributed by atoms with E-state index in [0.29, 0.717) is 6.54 Å². The second-order valence-corrected chi connectivity index (χ2v) is 4.51. The number of hydrogen-bond donors (Lipinski definition) is 1. The molecular weight excluding hydrogens is 226 g/mol. The number of benzene rings is 1. The van der Waals surface area contributed by atoms with Gasteiger partial charge in [-0.15, -0.1) is 0 Å². The maximum absolute atomic E-state index is 5.73. The molecule has 0 amide bonds. The molecule has 4 nitrogen and oxygen atoms in total. The van der Waals surface area contributed by atoms with E-state index in [2.05, 4.69) is 17.2 Å². The smallest absolute Gasteiger partial charge is 0.124 e. The SMILES string of the molecule is COc1c(C)cc(-c2cn(C)nc2CN)cc1C. The molecule has 0 radical (unpaired) electrons. The number of rotatable bonds is 3. The third kappa shape index (κ3) is 2.11. The van der Waals surface area contributed by atoms with Crippen molar-refractivity contribution in [3.8, 4) is 16.9 Å². The van der Waals surface area contributed by atoms with E-state index >= 15 is 0 Å². The quantitative estimate of drug-likeness (QED) is 0.901. The predicted octanol–water partition coefficient (Wildman–Crippen LogP) is 2.17. The highest BCUT2D eigenvalue weighted by Gasteiger charge is 2.12. The van der Waals surface area contributed by atoms with Crippen LogP contribution in [0.4, 0.5) is 0 Å². The summed E-state index contributed by atoms with van der Waals surface area (Å²) in [4.78, 5) is 0. The molecule has 1 aromatic carbocycles. The number of aryl methyl sites for hydroxylation is 3. The Hall–Kier alpha value is -1.81. The maximum Gasteiger partial charge on any atom is 0.124 e. The number of nitrogens with two attached hydrogens (primary N) is 1. The minimum Gasteiger partial charge on any atom is -0.496 e. The molecule has 1 aromatic heterocycles. The number of methoxy groups -OCH3 is 1. The first-order chi connectivity index (χ1) is 8.56. The normalized spacial score (nSPS) is 10.7. The lowest BCUT2D eigenvalue weighted by atomic mass is 10.00. The Morgan fingerprint density at radius 3 is 2.39 bits per heavy atom. The number of nitrogens with zero attached hydrogens (tertiary/aromatic N) is 2. The summed E-state index contributed by atoms with van der Waals surface area (Å²) < 4.78 is 7.18. The standard InChI is InChI=1S/C14H19N3O/c1-9-5-11(6-10(2)14(9)18-4)12-8-17(3)16-13(12)7-15/h5-6,8H,7,15H2,1-4H3. The van der Waals surface area contributed by atoms with Crippen molar-refractivity contribution in [3.05, 3.63) is 35.2 Å². The van der Waals surface area contributed by atoms with Crippen LogP contribution in [0.25, 0.3) is 11.1 Å². The lowest BCUT2D eigenvalue weighted by molar-refractivity contribution is 0.408. The van der Waals surface area contributed by atoms with Gasteiger partial charge in [0.1, 0.15) is 5.75 Å². The van der Waals surface area contributed by atoms with Crippen LogP contribution in [0, 0.1) is 13.8 Å². The van der Waals surface area contributed by atoms with Crippen LogP contribution in [-0.4, -0.2) is 16.9 Å². The zero-order chi connectivity index (χ0) is 13.3. The van der Waals surface area contributed by atoms with Gasteiger partial charge in [-0.3, -0.25) is 4.68 Å². The number of ether oxygens (including phenoxy) is 1. The lowest BCUT2D eigenvalue weighted by Crippen LogP contribution is -2.00. The fourth-order valence-electron chi connectivity index (χ4n) is 2.35. The molecule has 1 heterocycles. The first-order valence-corrected chi connectivity index (χ1v) is 5.95. The van der Waals surface area contributed by atoms with E-state index < -0.39 is 0 Å². The van der Waals surface area contributed by atoms with Crippen molar-refractivity contribution in [1.82, 2.24) is 9.78 Å². The van der Waals surface area contributed by atoms with Gasteiger partial charge in [-0.25, -0.2) is 0 Å². The van der Waals surface area contributed by atoms with Gasteiger partial charge in [0.05, 0.1) is 12.8 Å². The fourth-order valence-corrected chi connectivity index (χ4v) is 2.35. The van der Waals surface area contributed by atoms with Crippen molar-refractivity contribution in [1.29, 1.82) is 0 Å². The van der Waals surface area contributed by atoms with Gasteiger partial charge in [-0.05, 0) is 42.7 Å². The van der Waals surface area contributed by atoms with Crippen LogP contribution in [0.3, 0.4) is 0 Å². The Bertz CT molecular complexity index is 549.